The number of para-hydroxylation sites is 1. The van der Waals surface area contributed by atoms with E-state index in [2.05, 4.69) is 47.7 Å². The van der Waals surface area contributed by atoms with E-state index in [0.717, 1.165) is 36.2 Å². The van der Waals surface area contributed by atoms with Gasteiger partial charge in [-0.15, -0.1) is 0 Å². The van der Waals surface area contributed by atoms with Crippen LogP contribution in [0.2, 0.25) is 0 Å². The monoisotopic (exact) mass is 415 g/mol. The Kier molecular flexibility index (Phi) is 4.94. The molecule has 2 bridgehead atoms. The van der Waals surface area contributed by atoms with Crippen LogP contribution in [-0.2, 0) is 0 Å². The predicted molar refractivity (Wildman–Crippen MR) is 123 cm³/mol. The number of ether oxygens (including phenoxy) is 1. The SMILES string of the molecule is COc1ccc([C@H](C)N2C[C@@H]3C[C@H]2CN3C(=O)c2cnc3ccccc3c2)c(C)c1C. The van der Waals surface area contributed by atoms with Crippen LogP contribution in [0.5, 0.6) is 5.75 Å². The van der Waals surface area contributed by atoms with Crippen molar-refractivity contribution >= 4 is 16.8 Å². The van der Waals surface area contributed by atoms with Gasteiger partial charge < -0.3 is 9.64 Å². The van der Waals surface area contributed by atoms with Crippen molar-refractivity contribution < 1.29 is 9.53 Å². The van der Waals surface area contributed by atoms with Gasteiger partial charge in [0.2, 0.25) is 0 Å². The second kappa shape index (κ2) is 7.65. The number of hydrogen-bond donors (Lipinski definition) is 0. The van der Waals surface area contributed by atoms with Crippen LogP contribution in [0.15, 0.2) is 48.7 Å². The number of amides is 1. The van der Waals surface area contributed by atoms with Crippen molar-refractivity contribution in [2.24, 2.45) is 0 Å². The lowest BCUT2D eigenvalue weighted by Gasteiger charge is -2.38. The minimum absolute atomic E-state index is 0.106. The summed E-state index contributed by atoms with van der Waals surface area (Å²) in [6.07, 6.45) is 2.77. The maximum Gasteiger partial charge on any atom is 0.255 e. The number of piperazine rings is 1. The third-order valence-corrected chi connectivity index (χ3v) is 7.33. The molecule has 0 N–H and O–H groups in total. The summed E-state index contributed by atoms with van der Waals surface area (Å²) < 4.78 is 5.48. The third-order valence-electron chi connectivity index (χ3n) is 7.33. The number of rotatable bonds is 4. The van der Waals surface area contributed by atoms with Crippen molar-refractivity contribution in [2.75, 3.05) is 20.2 Å². The second-order valence-electron chi connectivity index (χ2n) is 8.90. The minimum atomic E-state index is 0.106. The summed E-state index contributed by atoms with van der Waals surface area (Å²) in [6.45, 7) is 8.30. The topological polar surface area (TPSA) is 45.7 Å². The Labute approximate surface area is 183 Å². The summed E-state index contributed by atoms with van der Waals surface area (Å²) in [6, 6.07) is 15.2. The lowest BCUT2D eigenvalue weighted by atomic mass is 9.96. The molecule has 0 radical (unpaired) electrons. The van der Waals surface area contributed by atoms with Gasteiger partial charge in [-0.25, -0.2) is 0 Å². The zero-order valence-electron chi connectivity index (χ0n) is 18.6. The highest BCUT2D eigenvalue weighted by Gasteiger charge is 2.47. The summed E-state index contributed by atoms with van der Waals surface area (Å²) in [7, 11) is 1.72. The highest BCUT2D eigenvalue weighted by atomic mass is 16.5. The van der Waals surface area contributed by atoms with Gasteiger partial charge in [-0.05, 0) is 62.1 Å². The Morgan fingerprint density at radius 1 is 1.10 bits per heavy atom. The first-order valence-corrected chi connectivity index (χ1v) is 11.0. The van der Waals surface area contributed by atoms with Gasteiger partial charge in [0.15, 0.2) is 0 Å². The van der Waals surface area contributed by atoms with Crippen molar-refractivity contribution in [1.29, 1.82) is 0 Å². The first-order chi connectivity index (χ1) is 15.0. The first kappa shape index (κ1) is 20.0. The van der Waals surface area contributed by atoms with Crippen LogP contribution in [0.3, 0.4) is 0 Å². The summed E-state index contributed by atoms with van der Waals surface area (Å²) in [5, 5.41) is 1.01. The summed E-state index contributed by atoms with van der Waals surface area (Å²) in [4.78, 5) is 22.4. The van der Waals surface area contributed by atoms with Crippen LogP contribution in [0.25, 0.3) is 10.9 Å². The normalized spacial score (nSPS) is 21.6. The van der Waals surface area contributed by atoms with E-state index in [-0.39, 0.29) is 11.9 Å². The zero-order valence-corrected chi connectivity index (χ0v) is 18.6. The molecule has 2 aliphatic heterocycles. The molecule has 5 rings (SSSR count). The molecular formula is C26H29N3O2. The number of carbonyl (C=O) groups is 1. The molecule has 5 nitrogen and oxygen atoms in total. The molecule has 3 atom stereocenters. The van der Waals surface area contributed by atoms with Gasteiger partial charge in [0, 0.05) is 42.8 Å². The molecule has 160 valence electrons. The molecule has 1 aromatic heterocycles. The van der Waals surface area contributed by atoms with E-state index < -0.39 is 0 Å². The van der Waals surface area contributed by atoms with Gasteiger partial charge in [-0.1, -0.05) is 24.3 Å². The molecule has 0 unspecified atom stereocenters. The van der Waals surface area contributed by atoms with Crippen molar-refractivity contribution in [3.05, 3.63) is 70.9 Å². The van der Waals surface area contributed by atoms with Gasteiger partial charge >= 0.3 is 0 Å². The fourth-order valence-electron chi connectivity index (χ4n) is 5.44. The first-order valence-electron chi connectivity index (χ1n) is 11.0. The molecule has 0 saturated carbocycles. The van der Waals surface area contributed by atoms with Gasteiger partial charge in [0.25, 0.3) is 5.91 Å². The molecule has 31 heavy (non-hydrogen) atoms. The van der Waals surface area contributed by atoms with E-state index in [9.17, 15) is 4.79 Å². The van der Waals surface area contributed by atoms with Gasteiger partial charge in [-0.3, -0.25) is 14.7 Å². The van der Waals surface area contributed by atoms with Crippen LogP contribution in [0.4, 0.5) is 0 Å². The zero-order chi connectivity index (χ0) is 21.7. The Balaban J connectivity index is 1.33. The average Bonchev–Trinajstić information content (AvgIpc) is 3.41. The quantitative estimate of drug-likeness (QED) is 0.629. The van der Waals surface area contributed by atoms with E-state index in [4.69, 9.17) is 4.74 Å². The van der Waals surface area contributed by atoms with Gasteiger partial charge in [-0.2, -0.15) is 0 Å². The van der Waals surface area contributed by atoms with E-state index in [1.165, 1.54) is 16.7 Å². The molecule has 5 heteroatoms. The Morgan fingerprint density at radius 3 is 2.65 bits per heavy atom. The molecule has 2 saturated heterocycles. The van der Waals surface area contributed by atoms with Crippen molar-refractivity contribution in [3.8, 4) is 5.75 Å². The molecule has 2 fully saturated rings. The minimum Gasteiger partial charge on any atom is -0.496 e. The number of likely N-dealkylation sites (tertiary alicyclic amines) is 2. The molecule has 2 aromatic carbocycles. The predicted octanol–water partition coefficient (Wildman–Crippen LogP) is 4.52. The number of hydrogen-bond acceptors (Lipinski definition) is 4. The van der Waals surface area contributed by atoms with E-state index in [1.54, 1.807) is 13.3 Å². The summed E-state index contributed by atoms with van der Waals surface area (Å²) in [5.41, 5.74) is 5.46. The number of benzene rings is 2. The molecular weight excluding hydrogens is 386 g/mol. The average molecular weight is 416 g/mol. The Hall–Kier alpha value is -2.92. The van der Waals surface area contributed by atoms with Crippen LogP contribution in [0, 0.1) is 13.8 Å². The Morgan fingerprint density at radius 2 is 1.90 bits per heavy atom. The lowest BCUT2D eigenvalue weighted by molar-refractivity contribution is 0.0568. The third kappa shape index (κ3) is 3.28. The number of fused-ring (bicyclic) bond motifs is 3. The molecule has 0 spiro atoms. The largest absolute Gasteiger partial charge is 0.496 e. The number of nitrogens with zero attached hydrogens (tertiary/aromatic N) is 3. The molecule has 0 aliphatic carbocycles. The second-order valence-corrected chi connectivity index (χ2v) is 8.90. The highest BCUT2D eigenvalue weighted by Crippen LogP contribution is 2.39. The van der Waals surface area contributed by atoms with Crippen molar-refractivity contribution in [3.63, 3.8) is 0 Å². The van der Waals surface area contributed by atoms with Gasteiger partial charge in [0.05, 0.1) is 18.2 Å². The van der Waals surface area contributed by atoms with Crippen molar-refractivity contribution in [1.82, 2.24) is 14.8 Å². The summed E-state index contributed by atoms with van der Waals surface area (Å²) >= 11 is 0. The number of carbonyl (C=O) groups excluding carboxylic acids is 1. The van der Waals surface area contributed by atoms with E-state index >= 15 is 0 Å². The number of aromatic nitrogens is 1. The maximum absolute atomic E-state index is 13.2. The van der Waals surface area contributed by atoms with Crippen LogP contribution in [0.1, 0.15) is 46.4 Å². The molecule has 3 heterocycles. The number of pyridine rings is 1. The van der Waals surface area contributed by atoms with Crippen LogP contribution in [-0.4, -0.2) is 53.0 Å². The van der Waals surface area contributed by atoms with E-state index in [1.807, 2.05) is 30.3 Å². The number of methoxy groups -OCH3 is 1. The lowest BCUT2D eigenvalue weighted by Crippen LogP contribution is -2.49. The smallest absolute Gasteiger partial charge is 0.255 e. The summed E-state index contributed by atoms with van der Waals surface area (Å²) in [5.74, 6) is 1.05. The molecule has 3 aromatic rings. The van der Waals surface area contributed by atoms with Gasteiger partial charge in [0.1, 0.15) is 5.75 Å². The molecule has 2 aliphatic rings. The van der Waals surface area contributed by atoms with Crippen LogP contribution >= 0.6 is 0 Å². The molecule has 1 amide bonds. The van der Waals surface area contributed by atoms with Crippen LogP contribution < -0.4 is 4.74 Å². The fourth-order valence-corrected chi connectivity index (χ4v) is 5.44. The maximum atomic E-state index is 13.2. The standard InChI is InChI=1S/C26H29N3O2/c1-16-17(2)25(31-4)10-9-23(16)18(3)28-14-22-12-21(28)15-29(22)26(30)20-11-19-7-5-6-8-24(19)27-13-20/h5-11,13,18,21-22H,12,14-15H2,1-4H3/t18-,21-,22-/m0/s1. The van der Waals surface area contributed by atoms with E-state index in [0.29, 0.717) is 17.6 Å². The Bertz CT molecular complexity index is 1160. The highest BCUT2D eigenvalue weighted by molar-refractivity contribution is 5.97. The van der Waals surface area contributed by atoms with Crippen molar-refractivity contribution in [2.45, 2.75) is 45.3 Å². The fraction of sp³-hybridized carbons (Fsp3) is 0.385.